The maximum absolute atomic E-state index is 11.9. The number of aldehydes is 1. The van der Waals surface area contributed by atoms with Gasteiger partial charge in [0.15, 0.2) is 6.29 Å². The van der Waals surface area contributed by atoms with Crippen molar-refractivity contribution in [1.82, 2.24) is 4.57 Å². The lowest BCUT2D eigenvalue weighted by Gasteiger charge is -2.13. The van der Waals surface area contributed by atoms with E-state index in [1.165, 1.54) is 10.6 Å². The van der Waals surface area contributed by atoms with Crippen LogP contribution in [0.15, 0.2) is 10.9 Å². The largest absolute Gasteiger partial charge is 0.450 e. The molecule has 0 radical (unpaired) electrons. The number of nitrogen functional groups attached to an aromatic ring is 1. The molecule has 2 unspecified atom stereocenters. The molecule has 2 atom stereocenters. The summed E-state index contributed by atoms with van der Waals surface area (Å²) in [5, 5.41) is 0. The maximum atomic E-state index is 11.9. The first-order valence-electron chi connectivity index (χ1n) is 4.99. The van der Waals surface area contributed by atoms with Crippen molar-refractivity contribution in [2.45, 2.75) is 18.9 Å². The number of carbonyl (C=O) groups excluding carboxylic acids is 2. The first kappa shape index (κ1) is 11.8. The number of carbonyl (C=O) groups is 2. The third kappa shape index (κ3) is 1.74. The van der Waals surface area contributed by atoms with E-state index in [0.717, 1.165) is 0 Å². The second-order valence-corrected chi connectivity index (χ2v) is 4.02. The van der Waals surface area contributed by atoms with Gasteiger partial charge in [0.25, 0.3) is 5.56 Å². The Kier molecular flexibility index (Phi) is 2.98. The van der Waals surface area contributed by atoms with Gasteiger partial charge in [0.05, 0.1) is 15.2 Å². The Morgan fingerprint density at radius 2 is 2.35 bits per heavy atom. The number of rotatable bonds is 2. The van der Waals surface area contributed by atoms with Crippen LogP contribution in [-0.2, 0) is 15.7 Å². The van der Waals surface area contributed by atoms with E-state index in [1.54, 1.807) is 0 Å². The average molecular weight is 254 g/mol. The molecule has 6 nitrogen and oxygen atoms in total. The van der Waals surface area contributed by atoms with Crippen molar-refractivity contribution in [2.75, 3.05) is 5.73 Å². The quantitative estimate of drug-likeness (QED) is 0.595. The Hall–Kier alpha value is -1.68. The van der Waals surface area contributed by atoms with Crippen molar-refractivity contribution in [3.05, 3.63) is 27.7 Å². The van der Waals surface area contributed by atoms with E-state index in [9.17, 15) is 14.4 Å². The zero-order valence-electron chi connectivity index (χ0n) is 8.88. The van der Waals surface area contributed by atoms with Crippen LogP contribution in [0.25, 0.3) is 0 Å². The Labute approximate surface area is 99.0 Å². The number of hydrogen-bond acceptors (Lipinski definition) is 5. The smallest absolute Gasteiger partial charge is 0.331 e. The number of nitrogens with zero attached hydrogens (tertiary/aromatic N) is 1. The number of nitrogens with two attached hydrogens (primary N) is 1. The molecule has 0 saturated heterocycles. The van der Waals surface area contributed by atoms with Gasteiger partial charge in [-0.25, -0.2) is 4.79 Å². The van der Waals surface area contributed by atoms with E-state index < -0.39 is 17.6 Å². The fourth-order valence-electron chi connectivity index (χ4n) is 2.11. The summed E-state index contributed by atoms with van der Waals surface area (Å²) in [5.41, 5.74) is 5.92. The monoisotopic (exact) mass is 254 g/mol. The molecule has 0 amide bonds. The highest BCUT2D eigenvalue weighted by atomic mass is 31.0. The van der Waals surface area contributed by atoms with Crippen LogP contribution < -0.4 is 11.3 Å². The summed E-state index contributed by atoms with van der Waals surface area (Å²) in [7, 11) is 1.85. The van der Waals surface area contributed by atoms with Crippen molar-refractivity contribution in [3.8, 4) is 0 Å². The molecule has 2 heterocycles. The predicted molar refractivity (Wildman–Crippen MR) is 63.7 cm³/mol. The van der Waals surface area contributed by atoms with E-state index in [1.807, 2.05) is 9.47 Å². The van der Waals surface area contributed by atoms with Gasteiger partial charge in [-0.05, 0) is 18.9 Å². The van der Waals surface area contributed by atoms with E-state index in [0.29, 0.717) is 30.4 Å². The Balaban J connectivity index is 2.66. The van der Waals surface area contributed by atoms with Gasteiger partial charge in [0.1, 0.15) is 6.04 Å². The summed E-state index contributed by atoms with van der Waals surface area (Å²) in [6, 6.07) is 0.646. The molecule has 0 saturated carbocycles. The lowest BCUT2D eigenvalue weighted by Crippen LogP contribution is -2.30. The highest BCUT2D eigenvalue weighted by Gasteiger charge is 2.32. The zero-order valence-corrected chi connectivity index (χ0v) is 10.0. The highest BCUT2D eigenvalue weighted by Crippen LogP contribution is 2.28. The van der Waals surface area contributed by atoms with Crippen LogP contribution in [-0.4, -0.2) is 16.8 Å². The van der Waals surface area contributed by atoms with E-state index >= 15 is 0 Å². The molecule has 90 valence electrons. The highest BCUT2D eigenvalue weighted by molar-refractivity contribution is 7.10. The summed E-state index contributed by atoms with van der Waals surface area (Å²) in [4.78, 5) is 34.3. The van der Waals surface area contributed by atoms with Crippen LogP contribution in [0.5, 0.6) is 0 Å². The summed E-state index contributed by atoms with van der Waals surface area (Å²) in [6.07, 6.45) is 1.55. The van der Waals surface area contributed by atoms with E-state index in [4.69, 9.17) is 5.73 Å². The number of anilines is 1. The fraction of sp³-hybridized carbons (Fsp3) is 0.300. The van der Waals surface area contributed by atoms with Crippen LogP contribution in [0.1, 0.15) is 28.5 Å². The normalized spacial score (nSPS) is 17.6. The first-order valence-corrected chi connectivity index (χ1v) is 5.47. The Morgan fingerprint density at radius 3 is 2.94 bits per heavy atom. The Bertz CT molecular complexity index is 552. The van der Waals surface area contributed by atoms with Crippen LogP contribution >= 0.6 is 9.47 Å². The second kappa shape index (κ2) is 4.30. The molecule has 17 heavy (non-hydrogen) atoms. The standard InChI is InChI=1S/C10H11N2O4P/c11-6-3-5(4-13)7-1-2-8(10(15)16-17)12(7)9(6)14/h3-4,8H,1-2,11,17H2. The van der Waals surface area contributed by atoms with Crippen LogP contribution in [0, 0.1) is 0 Å². The lowest BCUT2D eigenvalue weighted by atomic mass is 10.1. The molecule has 0 spiro atoms. The van der Waals surface area contributed by atoms with Crippen LogP contribution in [0.4, 0.5) is 5.69 Å². The second-order valence-electron chi connectivity index (χ2n) is 3.79. The summed E-state index contributed by atoms with van der Waals surface area (Å²) < 4.78 is 5.80. The molecule has 1 aromatic rings. The number of pyridine rings is 1. The van der Waals surface area contributed by atoms with Gasteiger partial charge < -0.3 is 10.3 Å². The number of hydrogen-bond donors (Lipinski definition) is 1. The van der Waals surface area contributed by atoms with Crippen LogP contribution in [0.3, 0.4) is 0 Å². The van der Waals surface area contributed by atoms with Gasteiger partial charge in [-0.1, -0.05) is 0 Å². The van der Waals surface area contributed by atoms with Crippen molar-refractivity contribution in [3.63, 3.8) is 0 Å². The van der Waals surface area contributed by atoms with Crippen molar-refractivity contribution < 1.29 is 14.1 Å². The fourth-order valence-corrected chi connectivity index (χ4v) is 2.27. The molecule has 2 rings (SSSR count). The van der Waals surface area contributed by atoms with Crippen molar-refractivity contribution in [2.24, 2.45) is 0 Å². The molecule has 1 aliphatic heterocycles. The van der Waals surface area contributed by atoms with Gasteiger partial charge in [-0.2, -0.15) is 0 Å². The van der Waals surface area contributed by atoms with Crippen molar-refractivity contribution in [1.29, 1.82) is 0 Å². The molecule has 0 fully saturated rings. The van der Waals surface area contributed by atoms with Crippen molar-refractivity contribution >= 4 is 27.4 Å². The minimum absolute atomic E-state index is 0.0423. The van der Waals surface area contributed by atoms with Gasteiger partial charge in [-0.3, -0.25) is 14.2 Å². The molecule has 0 aromatic carbocycles. The first-order chi connectivity index (χ1) is 8.10. The third-order valence-electron chi connectivity index (χ3n) is 2.88. The summed E-state index contributed by atoms with van der Waals surface area (Å²) >= 11 is 0. The minimum atomic E-state index is -0.697. The molecule has 1 aliphatic rings. The molecule has 7 heteroatoms. The minimum Gasteiger partial charge on any atom is -0.450 e. The predicted octanol–water partition coefficient (Wildman–Crippen LogP) is 0.0636. The zero-order chi connectivity index (χ0) is 12.6. The van der Waals surface area contributed by atoms with E-state index in [2.05, 4.69) is 4.52 Å². The van der Waals surface area contributed by atoms with Gasteiger partial charge in [0.2, 0.25) is 0 Å². The Morgan fingerprint density at radius 1 is 1.65 bits per heavy atom. The molecule has 1 aromatic heterocycles. The van der Waals surface area contributed by atoms with Gasteiger partial charge >= 0.3 is 5.97 Å². The average Bonchev–Trinajstić information content (AvgIpc) is 2.77. The summed E-state index contributed by atoms with van der Waals surface area (Å²) in [6.45, 7) is 0. The van der Waals surface area contributed by atoms with Crippen LogP contribution in [0.2, 0.25) is 0 Å². The number of fused-ring (bicyclic) bond motifs is 1. The van der Waals surface area contributed by atoms with Gasteiger partial charge in [-0.15, -0.1) is 0 Å². The SMILES string of the molecule is Nc1cc(C=O)c2n(c1=O)C(C(=O)OP)CC2. The molecule has 0 aliphatic carbocycles. The topological polar surface area (TPSA) is 91.4 Å². The molecule has 0 bridgehead atoms. The summed E-state index contributed by atoms with van der Waals surface area (Å²) in [5.74, 6) is -0.529. The maximum Gasteiger partial charge on any atom is 0.331 e. The van der Waals surface area contributed by atoms with Gasteiger partial charge in [0, 0.05) is 11.3 Å². The lowest BCUT2D eigenvalue weighted by molar-refractivity contribution is -0.136. The van der Waals surface area contributed by atoms with E-state index in [-0.39, 0.29) is 5.69 Å². The molecular weight excluding hydrogens is 243 g/mol. The third-order valence-corrected chi connectivity index (χ3v) is 3.11. The molecule has 2 N–H and O–H groups in total. The molecular formula is C10H11N2O4P. The number of aromatic nitrogens is 1.